The SMILES string of the molecule is COc1ccc(C(=O)[C@H](C)[C@H](C)OC(=O)c2ccccc2C(=O)O)cc1. The molecule has 0 aliphatic rings. The lowest BCUT2D eigenvalue weighted by Crippen LogP contribution is -2.29. The number of hydrogen-bond acceptors (Lipinski definition) is 5. The van der Waals surface area contributed by atoms with Crippen molar-refractivity contribution in [2.75, 3.05) is 7.11 Å². The highest BCUT2D eigenvalue weighted by Crippen LogP contribution is 2.20. The van der Waals surface area contributed by atoms with Gasteiger partial charge in [-0.25, -0.2) is 9.59 Å². The molecule has 0 saturated carbocycles. The number of Topliss-reactive ketones (excluding diaryl/α,β-unsaturated/α-hetero) is 1. The maximum Gasteiger partial charge on any atom is 0.339 e. The minimum absolute atomic E-state index is 0.0454. The average molecular weight is 356 g/mol. The summed E-state index contributed by atoms with van der Waals surface area (Å²) in [4.78, 5) is 36.1. The summed E-state index contributed by atoms with van der Waals surface area (Å²) in [6.07, 6.45) is -0.723. The van der Waals surface area contributed by atoms with E-state index < -0.39 is 24.0 Å². The quantitative estimate of drug-likeness (QED) is 0.604. The number of rotatable bonds is 7. The number of benzene rings is 2. The van der Waals surface area contributed by atoms with Gasteiger partial charge in [0.1, 0.15) is 11.9 Å². The molecular weight excluding hydrogens is 336 g/mol. The molecule has 6 nitrogen and oxygen atoms in total. The fraction of sp³-hybridized carbons (Fsp3) is 0.250. The van der Waals surface area contributed by atoms with Crippen molar-refractivity contribution in [2.45, 2.75) is 20.0 Å². The topological polar surface area (TPSA) is 89.9 Å². The third kappa shape index (κ3) is 4.27. The van der Waals surface area contributed by atoms with E-state index >= 15 is 0 Å². The summed E-state index contributed by atoms with van der Waals surface area (Å²) in [5, 5.41) is 9.17. The minimum Gasteiger partial charge on any atom is -0.497 e. The highest BCUT2D eigenvalue weighted by molar-refractivity contribution is 6.03. The van der Waals surface area contributed by atoms with Gasteiger partial charge < -0.3 is 14.6 Å². The van der Waals surface area contributed by atoms with Crippen LogP contribution in [0.2, 0.25) is 0 Å². The fourth-order valence-corrected chi connectivity index (χ4v) is 2.41. The van der Waals surface area contributed by atoms with E-state index in [0.29, 0.717) is 11.3 Å². The number of hydrogen-bond donors (Lipinski definition) is 1. The van der Waals surface area contributed by atoms with Gasteiger partial charge in [-0.1, -0.05) is 19.1 Å². The number of ketones is 1. The maximum absolute atomic E-state index is 12.6. The molecule has 0 aromatic heterocycles. The van der Waals surface area contributed by atoms with Crippen LogP contribution in [0, 0.1) is 5.92 Å². The summed E-state index contributed by atoms with van der Waals surface area (Å²) < 4.78 is 10.4. The van der Waals surface area contributed by atoms with Gasteiger partial charge in [0.15, 0.2) is 5.78 Å². The predicted octanol–water partition coefficient (Wildman–Crippen LogP) is 3.46. The minimum atomic E-state index is -1.22. The Labute approximate surface area is 151 Å². The number of ether oxygens (including phenoxy) is 2. The van der Waals surface area contributed by atoms with Crippen molar-refractivity contribution in [3.05, 3.63) is 65.2 Å². The molecule has 0 saturated heterocycles. The van der Waals surface area contributed by atoms with E-state index in [-0.39, 0.29) is 16.9 Å². The molecule has 0 bridgehead atoms. The smallest absolute Gasteiger partial charge is 0.339 e. The van der Waals surface area contributed by atoms with Crippen LogP contribution in [0.25, 0.3) is 0 Å². The third-order valence-corrected chi connectivity index (χ3v) is 4.16. The highest BCUT2D eigenvalue weighted by atomic mass is 16.5. The molecule has 0 heterocycles. The summed E-state index contributed by atoms with van der Waals surface area (Å²) in [6, 6.07) is 12.4. The molecule has 0 radical (unpaired) electrons. The Kier molecular flexibility index (Phi) is 6.11. The molecule has 26 heavy (non-hydrogen) atoms. The van der Waals surface area contributed by atoms with Gasteiger partial charge in [-0.3, -0.25) is 4.79 Å². The van der Waals surface area contributed by atoms with Crippen molar-refractivity contribution in [1.29, 1.82) is 0 Å². The largest absolute Gasteiger partial charge is 0.497 e. The van der Waals surface area contributed by atoms with Crippen LogP contribution in [-0.4, -0.2) is 36.0 Å². The van der Waals surface area contributed by atoms with E-state index in [4.69, 9.17) is 14.6 Å². The van der Waals surface area contributed by atoms with Crippen molar-refractivity contribution in [3.63, 3.8) is 0 Å². The Morgan fingerprint density at radius 1 is 0.923 bits per heavy atom. The number of aromatic carboxylic acids is 1. The van der Waals surface area contributed by atoms with E-state index in [2.05, 4.69) is 0 Å². The normalized spacial score (nSPS) is 12.7. The third-order valence-electron chi connectivity index (χ3n) is 4.16. The second kappa shape index (κ2) is 8.29. The van der Waals surface area contributed by atoms with Gasteiger partial charge in [0.2, 0.25) is 0 Å². The molecule has 0 aliphatic heterocycles. The average Bonchev–Trinajstić information content (AvgIpc) is 2.66. The molecule has 136 valence electrons. The van der Waals surface area contributed by atoms with Crippen LogP contribution in [-0.2, 0) is 4.74 Å². The molecule has 2 aromatic carbocycles. The second-order valence-corrected chi connectivity index (χ2v) is 5.84. The van der Waals surface area contributed by atoms with Crippen molar-refractivity contribution in [1.82, 2.24) is 0 Å². The van der Waals surface area contributed by atoms with Crippen LogP contribution in [0.1, 0.15) is 44.9 Å². The molecule has 0 aliphatic carbocycles. The van der Waals surface area contributed by atoms with E-state index in [9.17, 15) is 14.4 Å². The number of carboxylic acids is 1. The molecular formula is C20H20O6. The first kappa shape index (κ1) is 19.2. The number of carbonyl (C=O) groups is 3. The number of carbonyl (C=O) groups excluding carboxylic acids is 2. The Hall–Kier alpha value is -3.15. The molecule has 1 N–H and O–H groups in total. The molecule has 2 atom stereocenters. The van der Waals surface area contributed by atoms with Gasteiger partial charge in [-0.05, 0) is 43.3 Å². The van der Waals surface area contributed by atoms with Gasteiger partial charge in [-0.15, -0.1) is 0 Å². The molecule has 0 amide bonds. The van der Waals surface area contributed by atoms with E-state index in [1.165, 1.54) is 25.3 Å². The first-order valence-corrected chi connectivity index (χ1v) is 8.06. The zero-order chi connectivity index (χ0) is 19.3. The molecule has 2 rings (SSSR count). The predicted molar refractivity (Wildman–Crippen MR) is 94.8 cm³/mol. The zero-order valence-electron chi connectivity index (χ0n) is 14.8. The van der Waals surface area contributed by atoms with Gasteiger partial charge >= 0.3 is 11.9 Å². The van der Waals surface area contributed by atoms with Crippen LogP contribution >= 0.6 is 0 Å². The lowest BCUT2D eigenvalue weighted by Gasteiger charge is -2.20. The number of methoxy groups -OCH3 is 1. The second-order valence-electron chi connectivity index (χ2n) is 5.84. The van der Waals surface area contributed by atoms with Crippen LogP contribution in [0.15, 0.2) is 48.5 Å². The van der Waals surface area contributed by atoms with E-state index in [1.54, 1.807) is 44.2 Å². The summed E-state index contributed by atoms with van der Waals surface area (Å²) in [7, 11) is 1.54. The standard InChI is InChI=1S/C20H20O6/c1-12(18(21)14-8-10-15(25-3)11-9-14)13(2)26-20(24)17-7-5-4-6-16(17)19(22)23/h4-13H,1-3H3,(H,22,23)/t12-,13+/m1/s1. The first-order valence-electron chi connectivity index (χ1n) is 8.06. The van der Waals surface area contributed by atoms with Gasteiger partial charge in [0.05, 0.1) is 24.2 Å². The van der Waals surface area contributed by atoms with Crippen molar-refractivity contribution < 1.29 is 29.0 Å². The zero-order valence-corrected chi connectivity index (χ0v) is 14.8. The van der Waals surface area contributed by atoms with Gasteiger partial charge in [0.25, 0.3) is 0 Å². The summed E-state index contributed by atoms with van der Waals surface area (Å²) in [5.41, 5.74) is 0.293. The molecule has 0 unspecified atom stereocenters. The van der Waals surface area contributed by atoms with E-state index in [1.807, 2.05) is 0 Å². The fourth-order valence-electron chi connectivity index (χ4n) is 2.41. The summed E-state index contributed by atoms with van der Waals surface area (Å²) >= 11 is 0. The number of esters is 1. The molecule has 6 heteroatoms. The monoisotopic (exact) mass is 356 g/mol. The lowest BCUT2D eigenvalue weighted by atomic mass is 9.95. The van der Waals surface area contributed by atoms with Crippen molar-refractivity contribution in [3.8, 4) is 5.75 Å². The number of carboxylic acid groups (broad SMARTS) is 1. The lowest BCUT2D eigenvalue weighted by molar-refractivity contribution is 0.0219. The summed E-state index contributed by atoms with van der Waals surface area (Å²) in [6.45, 7) is 3.26. The van der Waals surface area contributed by atoms with Gasteiger partial charge in [-0.2, -0.15) is 0 Å². The Morgan fingerprint density at radius 2 is 1.50 bits per heavy atom. The highest BCUT2D eigenvalue weighted by Gasteiger charge is 2.26. The van der Waals surface area contributed by atoms with Crippen LogP contribution in [0.4, 0.5) is 0 Å². The Morgan fingerprint density at radius 3 is 2.04 bits per heavy atom. The van der Waals surface area contributed by atoms with Crippen LogP contribution < -0.4 is 4.74 Å². The van der Waals surface area contributed by atoms with Crippen LogP contribution in [0.5, 0.6) is 5.75 Å². The van der Waals surface area contributed by atoms with Crippen molar-refractivity contribution in [2.24, 2.45) is 5.92 Å². The molecule has 2 aromatic rings. The van der Waals surface area contributed by atoms with Gasteiger partial charge in [0, 0.05) is 5.56 Å². The van der Waals surface area contributed by atoms with Crippen LogP contribution in [0.3, 0.4) is 0 Å². The van der Waals surface area contributed by atoms with Crippen molar-refractivity contribution >= 4 is 17.7 Å². The Bertz CT molecular complexity index is 809. The first-order chi connectivity index (χ1) is 12.3. The molecule has 0 spiro atoms. The maximum atomic E-state index is 12.6. The van der Waals surface area contributed by atoms with E-state index in [0.717, 1.165) is 0 Å². The summed E-state index contributed by atoms with van der Waals surface area (Å²) in [5.74, 6) is -2.12. The molecule has 0 fully saturated rings. The Balaban J connectivity index is 2.10.